The molecule has 5 nitrogen and oxygen atoms in total. The zero-order valence-electron chi connectivity index (χ0n) is 9.10. The Morgan fingerprint density at radius 3 is 2.87 bits per heavy atom. The van der Waals surface area contributed by atoms with Gasteiger partial charge in [0.05, 0.1) is 12.1 Å². The second kappa shape index (κ2) is 3.34. The van der Waals surface area contributed by atoms with Crippen LogP contribution in [0.25, 0.3) is 0 Å². The molecule has 1 aliphatic carbocycles. The number of nitrogens with two attached hydrogens (primary N) is 1. The Kier molecular flexibility index (Phi) is 2.26. The van der Waals surface area contributed by atoms with Crippen molar-refractivity contribution >= 4 is 5.91 Å². The molecule has 0 atom stereocenters. The standard InChI is InChI=1S/C10H16N4O/c1-13-6-5-12-8(13)7-14(2)9(15)10(11)3-4-10/h5-6H,3-4,7,11H2,1-2H3. The van der Waals surface area contributed by atoms with E-state index < -0.39 is 5.54 Å². The minimum Gasteiger partial charge on any atom is -0.337 e. The topological polar surface area (TPSA) is 64.2 Å². The minimum atomic E-state index is -0.583. The number of imidazole rings is 1. The lowest BCUT2D eigenvalue weighted by molar-refractivity contribution is -0.132. The lowest BCUT2D eigenvalue weighted by atomic mass is 10.2. The zero-order chi connectivity index (χ0) is 11.1. The van der Waals surface area contributed by atoms with Crippen LogP contribution in [0.1, 0.15) is 18.7 Å². The molecule has 2 N–H and O–H groups in total. The second-order valence-corrected chi connectivity index (χ2v) is 4.27. The fraction of sp³-hybridized carbons (Fsp3) is 0.600. The molecule has 1 aromatic heterocycles. The molecule has 0 spiro atoms. The van der Waals surface area contributed by atoms with E-state index in [2.05, 4.69) is 4.98 Å². The molecular weight excluding hydrogens is 192 g/mol. The highest BCUT2D eigenvalue weighted by Gasteiger charge is 2.47. The third-order valence-electron chi connectivity index (χ3n) is 2.86. The van der Waals surface area contributed by atoms with Gasteiger partial charge in [0.25, 0.3) is 0 Å². The predicted molar refractivity (Wildman–Crippen MR) is 55.8 cm³/mol. The summed E-state index contributed by atoms with van der Waals surface area (Å²) in [7, 11) is 3.68. The maximum atomic E-state index is 11.8. The number of hydrogen-bond donors (Lipinski definition) is 1. The molecule has 82 valence electrons. The highest BCUT2D eigenvalue weighted by molar-refractivity contribution is 5.88. The van der Waals surface area contributed by atoms with Crippen LogP contribution in [-0.4, -0.2) is 32.9 Å². The molecule has 0 aliphatic heterocycles. The molecule has 0 aromatic carbocycles. The van der Waals surface area contributed by atoms with E-state index >= 15 is 0 Å². The highest BCUT2D eigenvalue weighted by Crippen LogP contribution is 2.33. The van der Waals surface area contributed by atoms with Gasteiger partial charge in [0.15, 0.2) is 0 Å². The van der Waals surface area contributed by atoms with Crippen molar-refractivity contribution in [1.82, 2.24) is 14.5 Å². The van der Waals surface area contributed by atoms with Gasteiger partial charge in [-0.25, -0.2) is 4.98 Å². The summed E-state index contributed by atoms with van der Waals surface area (Å²) in [5, 5.41) is 0. The van der Waals surface area contributed by atoms with Crippen molar-refractivity contribution in [3.8, 4) is 0 Å². The van der Waals surface area contributed by atoms with Crippen LogP contribution >= 0.6 is 0 Å². The van der Waals surface area contributed by atoms with Crippen LogP contribution in [0.15, 0.2) is 12.4 Å². The Morgan fingerprint density at radius 1 is 1.73 bits per heavy atom. The molecule has 1 aliphatic rings. The molecule has 0 unspecified atom stereocenters. The van der Waals surface area contributed by atoms with Gasteiger partial charge in [-0.05, 0) is 12.8 Å². The summed E-state index contributed by atoms with van der Waals surface area (Å²) >= 11 is 0. The van der Waals surface area contributed by atoms with E-state index in [-0.39, 0.29) is 5.91 Å². The van der Waals surface area contributed by atoms with Crippen molar-refractivity contribution in [3.63, 3.8) is 0 Å². The molecule has 0 saturated heterocycles. The summed E-state index contributed by atoms with van der Waals surface area (Å²) in [6.45, 7) is 0.515. The van der Waals surface area contributed by atoms with E-state index in [1.807, 2.05) is 17.8 Å². The van der Waals surface area contributed by atoms with Crippen LogP contribution in [0.4, 0.5) is 0 Å². The Labute approximate surface area is 88.9 Å². The van der Waals surface area contributed by atoms with Crippen LogP contribution in [-0.2, 0) is 18.4 Å². The van der Waals surface area contributed by atoms with Crippen LogP contribution < -0.4 is 5.73 Å². The van der Waals surface area contributed by atoms with E-state index in [9.17, 15) is 4.79 Å². The molecule has 1 fully saturated rings. The van der Waals surface area contributed by atoms with E-state index in [1.54, 1.807) is 18.1 Å². The van der Waals surface area contributed by atoms with Gasteiger partial charge in [-0.15, -0.1) is 0 Å². The normalized spacial score (nSPS) is 17.5. The smallest absolute Gasteiger partial charge is 0.242 e. The van der Waals surface area contributed by atoms with Crippen LogP contribution in [0.2, 0.25) is 0 Å². The Morgan fingerprint density at radius 2 is 2.40 bits per heavy atom. The van der Waals surface area contributed by atoms with Crippen molar-refractivity contribution in [1.29, 1.82) is 0 Å². The number of rotatable bonds is 3. The first-order chi connectivity index (χ1) is 7.03. The third-order valence-corrected chi connectivity index (χ3v) is 2.86. The summed E-state index contributed by atoms with van der Waals surface area (Å²) < 4.78 is 1.90. The molecule has 0 radical (unpaired) electrons. The van der Waals surface area contributed by atoms with Gasteiger partial charge in [0.2, 0.25) is 5.91 Å². The molecule has 1 heterocycles. The quantitative estimate of drug-likeness (QED) is 0.752. The number of likely N-dealkylation sites (N-methyl/N-ethyl adjacent to an activating group) is 1. The average Bonchev–Trinajstić information content (AvgIpc) is 2.83. The summed E-state index contributed by atoms with van der Waals surface area (Å²) in [6.07, 6.45) is 5.19. The zero-order valence-corrected chi connectivity index (χ0v) is 9.10. The summed E-state index contributed by atoms with van der Waals surface area (Å²) in [6, 6.07) is 0. The lowest BCUT2D eigenvalue weighted by Gasteiger charge is -2.20. The first-order valence-electron chi connectivity index (χ1n) is 5.03. The summed E-state index contributed by atoms with van der Waals surface area (Å²) in [5.41, 5.74) is 5.26. The van der Waals surface area contributed by atoms with Gasteiger partial charge in [-0.1, -0.05) is 0 Å². The number of hydrogen-bond acceptors (Lipinski definition) is 3. The monoisotopic (exact) mass is 208 g/mol. The molecule has 1 aromatic rings. The van der Waals surface area contributed by atoms with Gasteiger partial charge < -0.3 is 15.2 Å². The van der Waals surface area contributed by atoms with Crippen molar-refractivity contribution in [3.05, 3.63) is 18.2 Å². The van der Waals surface area contributed by atoms with Gasteiger partial charge in [0.1, 0.15) is 5.82 Å². The number of aromatic nitrogens is 2. The number of carbonyl (C=O) groups excluding carboxylic acids is 1. The average molecular weight is 208 g/mol. The Bertz CT molecular complexity index is 381. The SMILES string of the molecule is CN(Cc1nccn1C)C(=O)C1(N)CC1. The first kappa shape index (κ1) is 10.2. The van der Waals surface area contributed by atoms with Gasteiger partial charge in [0, 0.05) is 26.5 Å². The summed E-state index contributed by atoms with van der Waals surface area (Å²) in [5.74, 6) is 0.889. The first-order valence-corrected chi connectivity index (χ1v) is 5.03. The second-order valence-electron chi connectivity index (χ2n) is 4.27. The van der Waals surface area contributed by atoms with Crippen molar-refractivity contribution in [2.75, 3.05) is 7.05 Å². The lowest BCUT2D eigenvalue weighted by Crippen LogP contribution is -2.43. The number of nitrogens with zero attached hydrogens (tertiary/aromatic N) is 3. The molecular formula is C10H16N4O. The van der Waals surface area contributed by atoms with Crippen molar-refractivity contribution < 1.29 is 4.79 Å². The predicted octanol–water partition coefficient (Wildman–Crippen LogP) is -0.130. The number of aryl methyl sites for hydroxylation is 1. The molecule has 15 heavy (non-hydrogen) atoms. The Hall–Kier alpha value is -1.36. The van der Waals surface area contributed by atoms with Crippen LogP contribution in [0.5, 0.6) is 0 Å². The molecule has 5 heteroatoms. The minimum absolute atomic E-state index is 0.0190. The maximum absolute atomic E-state index is 11.8. The highest BCUT2D eigenvalue weighted by atomic mass is 16.2. The van der Waals surface area contributed by atoms with Gasteiger partial charge in [-0.2, -0.15) is 0 Å². The number of amides is 1. The summed E-state index contributed by atoms with van der Waals surface area (Å²) in [4.78, 5) is 17.6. The molecule has 1 amide bonds. The van der Waals surface area contributed by atoms with E-state index in [1.165, 1.54) is 0 Å². The van der Waals surface area contributed by atoms with Crippen LogP contribution in [0, 0.1) is 0 Å². The fourth-order valence-electron chi connectivity index (χ4n) is 1.56. The van der Waals surface area contributed by atoms with Gasteiger partial charge in [-0.3, -0.25) is 4.79 Å². The fourth-order valence-corrected chi connectivity index (χ4v) is 1.56. The van der Waals surface area contributed by atoms with Crippen molar-refractivity contribution in [2.24, 2.45) is 12.8 Å². The van der Waals surface area contributed by atoms with E-state index in [0.717, 1.165) is 18.7 Å². The number of carbonyl (C=O) groups is 1. The largest absolute Gasteiger partial charge is 0.337 e. The maximum Gasteiger partial charge on any atom is 0.242 e. The van der Waals surface area contributed by atoms with Crippen molar-refractivity contribution in [2.45, 2.75) is 24.9 Å². The van der Waals surface area contributed by atoms with Gasteiger partial charge >= 0.3 is 0 Å². The van der Waals surface area contributed by atoms with E-state index in [4.69, 9.17) is 5.73 Å². The third kappa shape index (κ3) is 1.87. The molecule has 2 rings (SSSR count). The molecule has 1 saturated carbocycles. The Balaban J connectivity index is 2.01. The van der Waals surface area contributed by atoms with E-state index in [0.29, 0.717) is 6.54 Å². The molecule has 0 bridgehead atoms. The van der Waals surface area contributed by atoms with Crippen LogP contribution in [0.3, 0.4) is 0 Å².